The number of nitrogen functional groups attached to an aromatic ring is 3. The van der Waals surface area contributed by atoms with Gasteiger partial charge in [-0.05, 0) is 6.07 Å². The average molecular weight is 1000 g/mol. The maximum Gasteiger partial charge on any atom is 0.472 e. The van der Waals surface area contributed by atoms with Gasteiger partial charge in [0.15, 0.2) is 47.4 Å². The molecule has 0 aromatic carbocycles. The second-order valence-corrected chi connectivity index (χ2v) is 19.0. The standard InChI is InChI=1S/C31H39N14O19P3/c32-24-15-11(1-2-35-24)43(8-40-15)29-21(49)18(46)12(60-29)4-58-66(53,54)64-23-20(48)14(62-31(23)45-10-42-17-26(34)37-7-39-28(17)45)5-59-67(55,56)63-22-19(47)13(3-57-65(50,51)52)61-30(22)44-9-41-16-25(33)36-6-38-27(16)44/h1-2,6-10,12-14,18-23,29-31,46-49H,3-5H2,(H2,32,35)(H,53,54)(H,55,56)(H2,33,36,38)(H2,34,37,39)(H2,50,51,52)/t12-,13-,14-,18-,19-,20-,21-,22-,23-,29-,30-,31-/m1/s1. The van der Waals surface area contributed by atoms with Crippen LogP contribution >= 0.6 is 23.5 Å². The lowest BCUT2D eigenvalue weighted by Gasteiger charge is -2.25. The maximum absolute atomic E-state index is 13.6. The highest BCUT2D eigenvalue weighted by molar-refractivity contribution is 7.47. The molecule has 14 N–H and O–H groups in total. The number of hydrogen-bond donors (Lipinski definition) is 11. The minimum atomic E-state index is -5.42. The molecule has 2 unspecified atom stereocenters. The summed E-state index contributed by atoms with van der Waals surface area (Å²) in [6, 6.07) is 1.54. The lowest BCUT2D eigenvalue weighted by molar-refractivity contribution is -0.0643. The van der Waals surface area contributed by atoms with Crippen molar-refractivity contribution in [1.29, 1.82) is 0 Å². The molecule has 36 heteroatoms. The molecule has 3 aliphatic rings. The molecular weight excluding hydrogens is 965 g/mol. The summed E-state index contributed by atoms with van der Waals surface area (Å²) in [5.41, 5.74) is 18.5. The van der Waals surface area contributed by atoms with E-state index < -0.39 is 117 Å². The molecule has 6 aromatic rings. The monoisotopic (exact) mass is 1000 g/mol. The molecule has 33 nitrogen and oxygen atoms in total. The first-order valence-corrected chi connectivity index (χ1v) is 23.9. The fraction of sp³-hybridized carbons (Fsp3) is 0.484. The quantitative estimate of drug-likeness (QED) is 0.0433. The molecular formula is C31H39N14O19P3. The third-order valence-electron chi connectivity index (χ3n) is 10.8. The number of phosphoric ester groups is 3. The number of ether oxygens (including phenoxy) is 3. The summed E-state index contributed by atoms with van der Waals surface area (Å²) in [6.07, 6.45) is -13.2. The number of nitrogens with two attached hydrogens (primary N) is 3. The second-order valence-electron chi connectivity index (χ2n) is 15.0. The van der Waals surface area contributed by atoms with Gasteiger partial charge in [0.05, 0.1) is 44.3 Å². The van der Waals surface area contributed by atoms with E-state index in [1.807, 2.05) is 0 Å². The van der Waals surface area contributed by atoms with Crippen LogP contribution in [0, 0.1) is 0 Å². The largest absolute Gasteiger partial charge is 0.472 e. The van der Waals surface area contributed by atoms with Gasteiger partial charge in [-0.2, -0.15) is 0 Å². The molecule has 0 spiro atoms. The molecule has 0 radical (unpaired) electrons. The highest BCUT2D eigenvalue weighted by atomic mass is 31.2. The van der Waals surface area contributed by atoms with E-state index in [0.29, 0.717) is 5.52 Å². The summed E-state index contributed by atoms with van der Waals surface area (Å²) < 4.78 is 85.6. The Kier molecular flexibility index (Phi) is 12.6. The number of rotatable bonds is 16. The highest BCUT2D eigenvalue weighted by Gasteiger charge is 2.53. The van der Waals surface area contributed by atoms with Crippen molar-refractivity contribution in [3.05, 3.63) is 43.9 Å². The molecule has 0 amide bonds. The molecule has 3 fully saturated rings. The van der Waals surface area contributed by atoms with Crippen molar-refractivity contribution in [2.45, 2.75) is 73.6 Å². The van der Waals surface area contributed by atoms with Crippen LogP contribution in [0.2, 0.25) is 0 Å². The number of nitrogens with zero attached hydrogens (tertiary/aromatic N) is 11. The van der Waals surface area contributed by atoms with Gasteiger partial charge < -0.3 is 76.0 Å². The van der Waals surface area contributed by atoms with E-state index in [1.54, 1.807) is 0 Å². The van der Waals surface area contributed by atoms with Crippen molar-refractivity contribution in [2.24, 2.45) is 0 Å². The Balaban J connectivity index is 0.918. The zero-order valence-corrected chi connectivity index (χ0v) is 36.3. The Morgan fingerprint density at radius 2 is 0.970 bits per heavy atom. The molecule has 0 aliphatic carbocycles. The van der Waals surface area contributed by atoms with Gasteiger partial charge in [0.25, 0.3) is 0 Å². The van der Waals surface area contributed by atoms with E-state index >= 15 is 0 Å². The van der Waals surface area contributed by atoms with Gasteiger partial charge in [-0.1, -0.05) is 0 Å². The Morgan fingerprint density at radius 1 is 0.537 bits per heavy atom. The van der Waals surface area contributed by atoms with Crippen LogP contribution in [0.4, 0.5) is 17.5 Å². The van der Waals surface area contributed by atoms with Crippen molar-refractivity contribution >= 4 is 74.3 Å². The number of aliphatic hydroxyl groups is 4. The number of anilines is 3. The normalized spacial score (nSPS) is 31.0. The first-order chi connectivity index (χ1) is 31.7. The van der Waals surface area contributed by atoms with Crippen LogP contribution in [0.1, 0.15) is 18.7 Å². The lowest BCUT2D eigenvalue weighted by atomic mass is 10.1. The first-order valence-electron chi connectivity index (χ1n) is 19.3. The number of pyridine rings is 1. The maximum atomic E-state index is 13.6. The van der Waals surface area contributed by atoms with Crippen LogP contribution in [-0.4, -0.2) is 168 Å². The van der Waals surface area contributed by atoms with Crippen molar-refractivity contribution in [2.75, 3.05) is 37.0 Å². The van der Waals surface area contributed by atoms with E-state index in [0.717, 1.165) is 34.4 Å². The molecule has 3 aliphatic heterocycles. The second kappa shape index (κ2) is 17.9. The zero-order chi connectivity index (χ0) is 47.7. The van der Waals surface area contributed by atoms with Crippen molar-refractivity contribution < 1.29 is 90.5 Å². The number of aliphatic hydroxyl groups excluding tert-OH is 4. The van der Waals surface area contributed by atoms with Gasteiger partial charge >= 0.3 is 23.5 Å². The first kappa shape index (κ1) is 47.2. The van der Waals surface area contributed by atoms with E-state index in [-0.39, 0.29) is 45.3 Å². The van der Waals surface area contributed by atoms with E-state index in [9.17, 15) is 53.7 Å². The summed E-state index contributed by atoms with van der Waals surface area (Å²) in [5.74, 6) is -0.0668. The van der Waals surface area contributed by atoms with Crippen LogP contribution in [-0.2, 0) is 50.5 Å². The fourth-order valence-corrected chi connectivity index (χ4v) is 9.86. The third kappa shape index (κ3) is 9.25. The van der Waals surface area contributed by atoms with Crippen molar-refractivity contribution in [3.63, 3.8) is 0 Å². The topological polar surface area (TPSA) is 483 Å². The van der Waals surface area contributed by atoms with Crippen molar-refractivity contribution in [1.82, 2.24) is 53.6 Å². The summed E-state index contributed by atoms with van der Waals surface area (Å²) in [6.45, 7) is -2.82. The molecule has 67 heavy (non-hydrogen) atoms. The number of fused-ring (bicyclic) bond motifs is 3. The Morgan fingerprint density at radius 3 is 1.48 bits per heavy atom. The molecule has 9 heterocycles. The van der Waals surface area contributed by atoms with E-state index in [1.165, 1.54) is 23.2 Å². The predicted molar refractivity (Wildman–Crippen MR) is 216 cm³/mol. The molecule has 0 bridgehead atoms. The minimum Gasteiger partial charge on any atom is -0.387 e. The Bertz CT molecular complexity index is 2940. The van der Waals surface area contributed by atoms with E-state index in [4.69, 9.17) is 49.5 Å². The van der Waals surface area contributed by atoms with Crippen LogP contribution in [0.5, 0.6) is 0 Å². The summed E-state index contributed by atoms with van der Waals surface area (Å²) in [7, 11) is -15.9. The predicted octanol–water partition coefficient (Wildman–Crippen LogP) is -2.89. The number of imidazole rings is 3. The molecule has 14 atom stereocenters. The Labute approximate surface area is 372 Å². The van der Waals surface area contributed by atoms with Crippen molar-refractivity contribution in [3.8, 4) is 0 Å². The molecule has 0 saturated carbocycles. The summed E-state index contributed by atoms with van der Waals surface area (Å²) in [5, 5.41) is 44.5. The summed E-state index contributed by atoms with van der Waals surface area (Å²) >= 11 is 0. The molecule has 9 rings (SSSR count). The van der Waals surface area contributed by atoms with Crippen LogP contribution in [0.25, 0.3) is 33.4 Å². The minimum absolute atomic E-state index is 0.00630. The molecule has 362 valence electrons. The summed E-state index contributed by atoms with van der Waals surface area (Å²) in [4.78, 5) is 72.8. The number of hydrogen-bond acceptors (Lipinski definition) is 26. The third-order valence-corrected chi connectivity index (χ3v) is 13.3. The van der Waals surface area contributed by atoms with Crippen LogP contribution < -0.4 is 17.2 Å². The van der Waals surface area contributed by atoms with Gasteiger partial charge in [-0.3, -0.25) is 31.8 Å². The van der Waals surface area contributed by atoms with Gasteiger partial charge in [-0.15, -0.1) is 0 Å². The highest BCUT2D eigenvalue weighted by Crippen LogP contribution is 2.53. The van der Waals surface area contributed by atoms with Gasteiger partial charge in [0.1, 0.15) is 84.1 Å². The Hall–Kier alpha value is -4.83. The van der Waals surface area contributed by atoms with Crippen LogP contribution in [0.3, 0.4) is 0 Å². The molecule has 3 saturated heterocycles. The van der Waals surface area contributed by atoms with Gasteiger partial charge in [0.2, 0.25) is 0 Å². The average Bonchev–Trinajstić information content (AvgIpc) is 4.13. The zero-order valence-electron chi connectivity index (χ0n) is 33.7. The lowest BCUT2D eigenvalue weighted by Crippen LogP contribution is -2.37. The van der Waals surface area contributed by atoms with Gasteiger partial charge in [0, 0.05) is 6.20 Å². The SMILES string of the molecule is Nc1nccc2c1ncn2[C@@H]1O[C@H](COP(=O)(O)O[C@@H]2[C@H](O)[C@@H](COP(=O)(O)O[C@@H]3[C@H](O)[C@@H](COP(=O)(O)O)O[C@H]3n3cnc4c(N)ncnc43)O[C@H]2n2cnc3c(N)ncnc32)[C@@H](O)[C@H]1O. The smallest absolute Gasteiger partial charge is 0.387 e. The number of phosphoric acid groups is 3. The fourth-order valence-electron chi connectivity index (χ4n) is 7.66. The van der Waals surface area contributed by atoms with Crippen LogP contribution in [0.15, 0.2) is 43.9 Å². The molecule has 6 aromatic heterocycles. The number of aromatic nitrogens is 11. The van der Waals surface area contributed by atoms with E-state index in [2.05, 4.69) is 44.4 Å². The van der Waals surface area contributed by atoms with Gasteiger partial charge in [-0.25, -0.2) is 53.6 Å².